The second-order valence-corrected chi connectivity index (χ2v) is 6.84. The van der Waals surface area contributed by atoms with Gasteiger partial charge in [-0.3, -0.25) is 14.4 Å². The number of anilines is 2. The number of rotatable bonds is 7. The van der Waals surface area contributed by atoms with E-state index in [1.807, 2.05) is 18.2 Å². The summed E-state index contributed by atoms with van der Waals surface area (Å²) in [7, 11) is 0. The Morgan fingerprint density at radius 3 is 2.50 bits per heavy atom. The maximum Gasteiger partial charge on any atom is 0.224 e. The van der Waals surface area contributed by atoms with E-state index < -0.39 is 0 Å². The van der Waals surface area contributed by atoms with Gasteiger partial charge in [0.05, 0.1) is 6.61 Å². The quantitative estimate of drug-likeness (QED) is 0.588. The summed E-state index contributed by atoms with van der Waals surface area (Å²) in [6.45, 7) is 4.19. The van der Waals surface area contributed by atoms with Crippen molar-refractivity contribution in [3.05, 3.63) is 53.6 Å². The Morgan fingerprint density at radius 1 is 1.07 bits per heavy atom. The topological polar surface area (TPSA) is 75.7 Å². The second kappa shape index (κ2) is 8.69. The minimum atomic E-state index is -0.0723. The monoisotopic (exact) mass is 380 g/mol. The number of hydrogen-bond donors (Lipinski definition) is 1. The van der Waals surface area contributed by atoms with Gasteiger partial charge >= 0.3 is 0 Å². The number of fused-ring (bicyclic) bond motifs is 1. The minimum Gasteiger partial charge on any atom is -0.494 e. The fraction of sp³-hybridized carbons (Fsp3) is 0.318. The van der Waals surface area contributed by atoms with Crippen LogP contribution in [0.15, 0.2) is 42.5 Å². The molecule has 3 rings (SSSR count). The molecule has 0 aromatic heterocycles. The fourth-order valence-electron chi connectivity index (χ4n) is 3.24. The molecular formula is C22H24N2O4. The smallest absolute Gasteiger partial charge is 0.224 e. The van der Waals surface area contributed by atoms with E-state index >= 15 is 0 Å². The molecule has 1 N–H and O–H groups in total. The third-order valence-corrected chi connectivity index (χ3v) is 4.72. The molecule has 0 radical (unpaired) electrons. The standard InChI is InChI=1S/C22H24N2O4/c1-15(25)17-5-8-20(9-6-17)28-13-3-4-22(27)23-19-7-10-21-18(14-19)11-12-24(21)16(2)26/h5-10,14H,3-4,11-13H2,1-2H3,(H,23,27). The van der Waals surface area contributed by atoms with Crippen molar-refractivity contribution in [3.63, 3.8) is 0 Å². The van der Waals surface area contributed by atoms with Crippen LogP contribution in [0.4, 0.5) is 11.4 Å². The molecule has 2 aromatic rings. The van der Waals surface area contributed by atoms with E-state index in [2.05, 4.69) is 5.32 Å². The summed E-state index contributed by atoms with van der Waals surface area (Å²) < 4.78 is 5.61. The van der Waals surface area contributed by atoms with Crippen LogP contribution in [0, 0.1) is 0 Å². The van der Waals surface area contributed by atoms with Gasteiger partial charge in [-0.25, -0.2) is 0 Å². The van der Waals surface area contributed by atoms with Gasteiger partial charge in [-0.05, 0) is 67.8 Å². The molecule has 0 atom stereocenters. The predicted octanol–water partition coefficient (Wildman–Crippen LogP) is 3.60. The number of hydrogen-bond acceptors (Lipinski definition) is 4. The van der Waals surface area contributed by atoms with Gasteiger partial charge in [-0.15, -0.1) is 0 Å². The molecule has 1 aliphatic rings. The number of carbonyl (C=O) groups is 3. The second-order valence-electron chi connectivity index (χ2n) is 6.84. The number of nitrogens with one attached hydrogen (secondary N) is 1. The van der Waals surface area contributed by atoms with E-state index in [9.17, 15) is 14.4 Å². The lowest BCUT2D eigenvalue weighted by Gasteiger charge is -2.15. The molecule has 0 bridgehead atoms. The van der Waals surface area contributed by atoms with Crippen LogP contribution >= 0.6 is 0 Å². The number of amides is 2. The van der Waals surface area contributed by atoms with Gasteiger partial charge in [0.25, 0.3) is 0 Å². The van der Waals surface area contributed by atoms with Crippen molar-refractivity contribution in [2.24, 2.45) is 0 Å². The first-order valence-electron chi connectivity index (χ1n) is 9.39. The van der Waals surface area contributed by atoms with Gasteiger partial charge in [-0.1, -0.05) is 0 Å². The molecule has 0 unspecified atom stereocenters. The summed E-state index contributed by atoms with van der Waals surface area (Å²) >= 11 is 0. The number of ketones is 1. The van der Waals surface area contributed by atoms with Crippen LogP contribution < -0.4 is 15.0 Å². The molecule has 146 valence electrons. The van der Waals surface area contributed by atoms with Gasteiger partial charge in [0, 0.05) is 36.8 Å². The van der Waals surface area contributed by atoms with Crippen molar-refractivity contribution in [3.8, 4) is 5.75 Å². The number of nitrogens with zero attached hydrogens (tertiary/aromatic N) is 1. The van der Waals surface area contributed by atoms with E-state index in [0.29, 0.717) is 37.3 Å². The molecular weight excluding hydrogens is 356 g/mol. The highest BCUT2D eigenvalue weighted by Crippen LogP contribution is 2.30. The van der Waals surface area contributed by atoms with Gasteiger partial charge in [-0.2, -0.15) is 0 Å². The third-order valence-electron chi connectivity index (χ3n) is 4.72. The molecule has 1 aliphatic heterocycles. The van der Waals surface area contributed by atoms with E-state index in [1.54, 1.807) is 36.1 Å². The number of benzene rings is 2. The van der Waals surface area contributed by atoms with E-state index in [4.69, 9.17) is 4.74 Å². The summed E-state index contributed by atoms with van der Waals surface area (Å²) in [6.07, 6.45) is 1.74. The summed E-state index contributed by atoms with van der Waals surface area (Å²) in [4.78, 5) is 36.7. The van der Waals surface area contributed by atoms with Gasteiger partial charge < -0.3 is 15.0 Å². The minimum absolute atomic E-state index is 0.0174. The van der Waals surface area contributed by atoms with Crippen molar-refractivity contribution in [1.82, 2.24) is 0 Å². The third kappa shape index (κ3) is 4.76. The van der Waals surface area contributed by atoms with Gasteiger partial charge in [0.15, 0.2) is 5.78 Å². The molecule has 0 saturated carbocycles. The molecule has 1 heterocycles. The predicted molar refractivity (Wildman–Crippen MR) is 108 cm³/mol. The Balaban J connectivity index is 1.43. The van der Waals surface area contributed by atoms with Crippen molar-refractivity contribution in [1.29, 1.82) is 0 Å². The average Bonchev–Trinajstić information content (AvgIpc) is 3.09. The zero-order valence-electron chi connectivity index (χ0n) is 16.2. The molecule has 2 amide bonds. The van der Waals surface area contributed by atoms with Crippen LogP contribution in [-0.2, 0) is 16.0 Å². The van der Waals surface area contributed by atoms with E-state index in [-0.39, 0.29) is 17.6 Å². The van der Waals surface area contributed by atoms with Crippen molar-refractivity contribution in [2.45, 2.75) is 33.1 Å². The lowest BCUT2D eigenvalue weighted by atomic mass is 10.1. The SMILES string of the molecule is CC(=O)c1ccc(OCCCC(=O)Nc2ccc3c(c2)CCN3C(C)=O)cc1. The summed E-state index contributed by atoms with van der Waals surface area (Å²) in [5.74, 6) is 0.659. The van der Waals surface area contributed by atoms with Crippen LogP contribution in [0.5, 0.6) is 5.75 Å². The maximum absolute atomic E-state index is 12.1. The normalized spacial score (nSPS) is 12.4. The van der Waals surface area contributed by atoms with Gasteiger partial charge in [0.2, 0.25) is 11.8 Å². The Hall–Kier alpha value is -3.15. The molecule has 0 fully saturated rings. The molecule has 0 saturated heterocycles. The summed E-state index contributed by atoms with van der Waals surface area (Å²) in [5, 5.41) is 2.90. The number of ether oxygens (including phenoxy) is 1. The zero-order chi connectivity index (χ0) is 20.1. The molecule has 6 heteroatoms. The fourth-order valence-corrected chi connectivity index (χ4v) is 3.24. The summed E-state index contributed by atoms with van der Waals surface area (Å²) in [6, 6.07) is 12.6. The van der Waals surface area contributed by atoms with Crippen LogP contribution in [0.25, 0.3) is 0 Å². The van der Waals surface area contributed by atoms with Crippen LogP contribution in [-0.4, -0.2) is 30.7 Å². The van der Waals surface area contributed by atoms with Crippen molar-refractivity contribution in [2.75, 3.05) is 23.4 Å². The number of Topliss-reactive ketones (excluding diaryl/α,β-unsaturated/α-hetero) is 1. The zero-order valence-corrected chi connectivity index (χ0v) is 16.2. The molecule has 2 aromatic carbocycles. The first-order chi connectivity index (χ1) is 13.4. The first kappa shape index (κ1) is 19.6. The largest absolute Gasteiger partial charge is 0.494 e. The Kier molecular flexibility index (Phi) is 6.09. The van der Waals surface area contributed by atoms with E-state index in [0.717, 1.165) is 23.4 Å². The van der Waals surface area contributed by atoms with Crippen LogP contribution in [0.2, 0.25) is 0 Å². The Labute approximate surface area is 164 Å². The maximum atomic E-state index is 12.1. The average molecular weight is 380 g/mol. The molecule has 0 aliphatic carbocycles. The van der Waals surface area contributed by atoms with Crippen LogP contribution in [0.1, 0.15) is 42.6 Å². The molecule has 0 spiro atoms. The highest BCUT2D eigenvalue weighted by Gasteiger charge is 2.22. The van der Waals surface area contributed by atoms with E-state index in [1.165, 1.54) is 6.92 Å². The lowest BCUT2D eigenvalue weighted by Crippen LogP contribution is -2.25. The lowest BCUT2D eigenvalue weighted by molar-refractivity contribution is -0.117. The highest BCUT2D eigenvalue weighted by atomic mass is 16.5. The van der Waals surface area contributed by atoms with Gasteiger partial charge in [0.1, 0.15) is 5.75 Å². The Bertz CT molecular complexity index is 890. The van der Waals surface area contributed by atoms with Crippen molar-refractivity contribution < 1.29 is 19.1 Å². The van der Waals surface area contributed by atoms with Crippen molar-refractivity contribution >= 4 is 29.0 Å². The highest BCUT2D eigenvalue weighted by molar-refractivity contribution is 5.95. The summed E-state index contributed by atoms with van der Waals surface area (Å²) in [5.41, 5.74) is 3.39. The van der Waals surface area contributed by atoms with Crippen LogP contribution in [0.3, 0.4) is 0 Å². The number of carbonyl (C=O) groups excluding carboxylic acids is 3. The first-order valence-corrected chi connectivity index (χ1v) is 9.39. The molecule has 6 nitrogen and oxygen atoms in total. The Morgan fingerprint density at radius 2 is 1.82 bits per heavy atom. The molecule has 28 heavy (non-hydrogen) atoms.